The standard InChI is InChI=1S/C28H27Cl2N5O2/c1-16(36)9-19-13-32-25-6-4-17(18-11-23(29)28(37)24(30)12-18)10-22(25)27(19)34-21-5-7-26(33-14-21)35-8-2-3-20(31)15-35/h4-7,10-14,20,37H,2-3,8-9,15,31H2,1H3,(H,32,34). The van der Waals surface area contributed by atoms with Crippen LogP contribution in [-0.4, -0.2) is 40.0 Å². The van der Waals surface area contributed by atoms with Crippen LogP contribution in [0.4, 0.5) is 17.2 Å². The number of piperidine rings is 1. The third-order valence-electron chi connectivity index (χ3n) is 6.54. The smallest absolute Gasteiger partial charge is 0.152 e. The number of fused-ring (bicyclic) bond motifs is 1. The van der Waals surface area contributed by atoms with Gasteiger partial charge in [0.1, 0.15) is 11.6 Å². The molecule has 3 heterocycles. The van der Waals surface area contributed by atoms with Gasteiger partial charge < -0.3 is 21.1 Å². The summed E-state index contributed by atoms with van der Waals surface area (Å²) < 4.78 is 0. The largest absolute Gasteiger partial charge is 0.505 e. The maximum Gasteiger partial charge on any atom is 0.152 e. The molecule has 1 saturated heterocycles. The Labute approximate surface area is 225 Å². The molecule has 0 spiro atoms. The van der Waals surface area contributed by atoms with E-state index in [1.807, 2.05) is 30.3 Å². The average Bonchev–Trinajstić information content (AvgIpc) is 2.88. The number of aromatic nitrogens is 2. The molecule has 1 aliphatic rings. The zero-order valence-electron chi connectivity index (χ0n) is 20.3. The number of phenols is 1. The van der Waals surface area contributed by atoms with Crippen molar-refractivity contribution in [1.29, 1.82) is 0 Å². The fraction of sp³-hybridized carbons (Fsp3) is 0.250. The zero-order valence-corrected chi connectivity index (χ0v) is 21.9. The van der Waals surface area contributed by atoms with Gasteiger partial charge in [0.15, 0.2) is 5.75 Å². The van der Waals surface area contributed by atoms with Gasteiger partial charge in [0.2, 0.25) is 0 Å². The summed E-state index contributed by atoms with van der Waals surface area (Å²) >= 11 is 12.3. The summed E-state index contributed by atoms with van der Waals surface area (Å²) in [5.41, 5.74) is 10.9. The summed E-state index contributed by atoms with van der Waals surface area (Å²) in [5.74, 6) is 0.781. The number of carbonyl (C=O) groups excluding carboxylic acids is 1. The monoisotopic (exact) mass is 535 g/mol. The Morgan fingerprint density at radius 3 is 2.57 bits per heavy atom. The second kappa shape index (κ2) is 10.5. The van der Waals surface area contributed by atoms with Crippen molar-refractivity contribution in [2.75, 3.05) is 23.3 Å². The minimum absolute atomic E-state index is 0.0346. The van der Waals surface area contributed by atoms with Crippen molar-refractivity contribution in [2.45, 2.75) is 32.2 Å². The second-order valence-corrected chi connectivity index (χ2v) is 10.3. The van der Waals surface area contributed by atoms with Crippen molar-refractivity contribution in [3.8, 4) is 16.9 Å². The molecule has 9 heteroatoms. The highest BCUT2D eigenvalue weighted by Crippen LogP contribution is 2.38. The molecule has 2 aromatic heterocycles. The molecule has 0 saturated carbocycles. The fourth-order valence-electron chi connectivity index (χ4n) is 4.70. The van der Waals surface area contributed by atoms with E-state index >= 15 is 0 Å². The number of rotatable bonds is 6. The Morgan fingerprint density at radius 1 is 1.11 bits per heavy atom. The number of halogens is 2. The molecule has 0 amide bonds. The van der Waals surface area contributed by atoms with Crippen LogP contribution in [0.15, 0.2) is 54.9 Å². The summed E-state index contributed by atoms with van der Waals surface area (Å²) in [4.78, 5) is 23.5. The first-order valence-electron chi connectivity index (χ1n) is 12.1. The van der Waals surface area contributed by atoms with E-state index in [0.29, 0.717) is 0 Å². The molecule has 1 atom stereocenters. The van der Waals surface area contributed by atoms with E-state index < -0.39 is 0 Å². The summed E-state index contributed by atoms with van der Waals surface area (Å²) in [6.07, 6.45) is 5.86. The Morgan fingerprint density at radius 2 is 1.89 bits per heavy atom. The molecule has 1 aliphatic heterocycles. The van der Waals surface area contributed by atoms with Gasteiger partial charge in [-0.15, -0.1) is 0 Å². The number of nitrogens with zero attached hydrogens (tertiary/aromatic N) is 3. The van der Waals surface area contributed by atoms with Crippen molar-refractivity contribution in [2.24, 2.45) is 5.73 Å². The summed E-state index contributed by atoms with van der Waals surface area (Å²) in [5, 5.41) is 14.6. The molecule has 0 aliphatic carbocycles. The number of benzene rings is 2. The van der Waals surface area contributed by atoms with E-state index in [4.69, 9.17) is 28.9 Å². The molecule has 5 rings (SSSR count). The number of hydrogen-bond donors (Lipinski definition) is 3. The quantitative estimate of drug-likeness (QED) is 0.273. The van der Waals surface area contributed by atoms with Crippen LogP contribution >= 0.6 is 23.2 Å². The second-order valence-electron chi connectivity index (χ2n) is 9.44. The topological polar surface area (TPSA) is 104 Å². The van der Waals surface area contributed by atoms with Crippen LogP contribution in [0.25, 0.3) is 22.0 Å². The third kappa shape index (κ3) is 5.49. The van der Waals surface area contributed by atoms with Crippen LogP contribution in [0.5, 0.6) is 5.75 Å². The number of anilines is 3. The average molecular weight is 536 g/mol. The molecular formula is C28H27Cl2N5O2. The minimum atomic E-state index is -0.150. The van der Waals surface area contributed by atoms with Crippen LogP contribution in [0.3, 0.4) is 0 Å². The maximum absolute atomic E-state index is 12.1. The predicted molar refractivity (Wildman–Crippen MR) is 150 cm³/mol. The van der Waals surface area contributed by atoms with Crippen molar-refractivity contribution >= 4 is 57.1 Å². The van der Waals surface area contributed by atoms with Gasteiger partial charge in [0.05, 0.1) is 33.1 Å². The Hall–Kier alpha value is -3.39. The van der Waals surface area contributed by atoms with Crippen LogP contribution < -0.4 is 16.0 Å². The van der Waals surface area contributed by atoms with Crippen LogP contribution in [0, 0.1) is 0 Å². The highest BCUT2D eigenvalue weighted by atomic mass is 35.5. The molecule has 190 valence electrons. The lowest BCUT2D eigenvalue weighted by molar-refractivity contribution is -0.116. The van der Waals surface area contributed by atoms with Gasteiger partial charge in [0, 0.05) is 42.7 Å². The van der Waals surface area contributed by atoms with Gasteiger partial charge in [-0.2, -0.15) is 0 Å². The molecule has 1 unspecified atom stereocenters. The molecule has 37 heavy (non-hydrogen) atoms. The number of nitrogens with one attached hydrogen (secondary N) is 1. The van der Waals surface area contributed by atoms with Gasteiger partial charge in [0.25, 0.3) is 0 Å². The predicted octanol–water partition coefficient (Wildman–Crippen LogP) is 6.11. The van der Waals surface area contributed by atoms with Gasteiger partial charge in [-0.25, -0.2) is 4.98 Å². The van der Waals surface area contributed by atoms with Gasteiger partial charge in [-0.05, 0) is 67.3 Å². The number of pyridine rings is 2. The van der Waals surface area contributed by atoms with Crippen LogP contribution in [0.1, 0.15) is 25.3 Å². The molecule has 7 nitrogen and oxygen atoms in total. The van der Waals surface area contributed by atoms with E-state index in [1.165, 1.54) is 0 Å². The zero-order chi connectivity index (χ0) is 26.1. The lowest BCUT2D eigenvalue weighted by atomic mass is 9.99. The molecule has 0 radical (unpaired) electrons. The molecule has 4 aromatic rings. The van der Waals surface area contributed by atoms with Crippen LogP contribution in [-0.2, 0) is 11.2 Å². The van der Waals surface area contributed by atoms with E-state index in [2.05, 4.69) is 20.2 Å². The highest BCUT2D eigenvalue weighted by Gasteiger charge is 2.18. The SMILES string of the molecule is CC(=O)Cc1cnc2ccc(-c3cc(Cl)c(O)c(Cl)c3)cc2c1Nc1ccc(N2CCCC(N)C2)nc1. The van der Waals surface area contributed by atoms with Gasteiger partial charge in [-0.1, -0.05) is 29.3 Å². The number of phenolic OH excluding ortho intramolecular Hbond substituents is 1. The Balaban J connectivity index is 1.54. The van der Waals surface area contributed by atoms with E-state index in [9.17, 15) is 9.90 Å². The number of hydrogen-bond acceptors (Lipinski definition) is 7. The Bertz CT molecular complexity index is 1450. The van der Waals surface area contributed by atoms with Crippen molar-refractivity contribution in [3.63, 3.8) is 0 Å². The summed E-state index contributed by atoms with van der Waals surface area (Å²) in [6, 6.07) is 13.3. The molecule has 0 bridgehead atoms. The van der Waals surface area contributed by atoms with E-state index in [0.717, 1.165) is 70.7 Å². The maximum atomic E-state index is 12.1. The first-order valence-corrected chi connectivity index (χ1v) is 12.9. The first kappa shape index (κ1) is 25.3. The van der Waals surface area contributed by atoms with Crippen molar-refractivity contribution in [3.05, 3.63) is 70.5 Å². The minimum Gasteiger partial charge on any atom is -0.505 e. The fourth-order valence-corrected chi connectivity index (χ4v) is 5.19. The van der Waals surface area contributed by atoms with Crippen LogP contribution in [0.2, 0.25) is 10.0 Å². The number of aromatic hydroxyl groups is 1. The molecule has 4 N–H and O–H groups in total. The highest BCUT2D eigenvalue weighted by molar-refractivity contribution is 6.37. The molecule has 1 fully saturated rings. The van der Waals surface area contributed by atoms with Crippen molar-refractivity contribution < 1.29 is 9.90 Å². The lowest BCUT2D eigenvalue weighted by Gasteiger charge is -2.31. The number of carbonyl (C=O) groups is 1. The summed E-state index contributed by atoms with van der Waals surface area (Å²) in [7, 11) is 0. The normalized spacial score (nSPS) is 15.7. The van der Waals surface area contributed by atoms with E-state index in [-0.39, 0.29) is 34.0 Å². The van der Waals surface area contributed by atoms with Gasteiger partial charge in [-0.3, -0.25) is 9.78 Å². The molecular weight excluding hydrogens is 509 g/mol. The number of ketones is 1. The lowest BCUT2D eigenvalue weighted by Crippen LogP contribution is -2.43. The Kier molecular flexibility index (Phi) is 7.20. The first-order chi connectivity index (χ1) is 17.8. The van der Waals surface area contributed by atoms with Gasteiger partial charge >= 0.3 is 0 Å². The number of nitrogens with two attached hydrogens (primary N) is 1. The van der Waals surface area contributed by atoms with E-state index in [1.54, 1.807) is 31.5 Å². The number of Topliss-reactive ketones (excluding diaryl/α,β-unsaturated/α-hetero) is 1. The van der Waals surface area contributed by atoms with Crippen molar-refractivity contribution in [1.82, 2.24) is 9.97 Å². The third-order valence-corrected chi connectivity index (χ3v) is 7.11. The molecule has 2 aromatic carbocycles. The summed E-state index contributed by atoms with van der Waals surface area (Å²) in [6.45, 7) is 3.30.